The molecule has 66 valence electrons. The fraction of sp³-hybridized carbons (Fsp3) is 0.333. The van der Waals surface area contributed by atoms with Crippen molar-refractivity contribution in [2.24, 2.45) is 0 Å². The standard InChI is InChI=1S/C6H5Br2NO3/c7-5-3-4(9(11)12)1-2-6(5,8)10/h1-3,5,10H. The molecule has 6 heteroatoms. The second-order valence-electron chi connectivity index (χ2n) is 2.31. The molecule has 0 aliphatic heterocycles. The van der Waals surface area contributed by atoms with Gasteiger partial charge in [-0.15, -0.1) is 0 Å². The highest BCUT2D eigenvalue weighted by atomic mass is 79.9. The number of halogens is 2. The van der Waals surface area contributed by atoms with Crippen LogP contribution in [0.2, 0.25) is 0 Å². The van der Waals surface area contributed by atoms with Gasteiger partial charge in [-0.3, -0.25) is 10.1 Å². The van der Waals surface area contributed by atoms with Crippen molar-refractivity contribution in [1.29, 1.82) is 0 Å². The van der Waals surface area contributed by atoms with E-state index in [1.807, 2.05) is 0 Å². The topological polar surface area (TPSA) is 63.4 Å². The molecule has 0 aromatic rings. The van der Waals surface area contributed by atoms with Crippen LogP contribution in [0, 0.1) is 10.1 Å². The molecule has 0 aromatic heterocycles. The van der Waals surface area contributed by atoms with Gasteiger partial charge >= 0.3 is 0 Å². The average molecular weight is 299 g/mol. The maximum Gasteiger partial charge on any atom is 0.266 e. The Balaban J connectivity index is 2.91. The van der Waals surface area contributed by atoms with Crippen LogP contribution in [0.3, 0.4) is 0 Å². The Labute approximate surface area is 85.4 Å². The van der Waals surface area contributed by atoms with Crippen molar-refractivity contribution < 1.29 is 10.0 Å². The van der Waals surface area contributed by atoms with Gasteiger partial charge in [0.05, 0.1) is 9.75 Å². The molecule has 12 heavy (non-hydrogen) atoms. The minimum atomic E-state index is -1.23. The molecule has 0 spiro atoms. The number of nitro groups is 1. The van der Waals surface area contributed by atoms with E-state index >= 15 is 0 Å². The molecule has 1 N–H and O–H groups in total. The molecule has 2 atom stereocenters. The molecule has 1 aliphatic rings. The van der Waals surface area contributed by atoms with Crippen LogP contribution in [-0.4, -0.2) is 19.4 Å². The van der Waals surface area contributed by atoms with Crippen molar-refractivity contribution in [2.45, 2.75) is 9.34 Å². The summed E-state index contributed by atoms with van der Waals surface area (Å²) in [6.45, 7) is 0. The summed E-state index contributed by atoms with van der Waals surface area (Å²) in [6, 6.07) is 0. The van der Waals surface area contributed by atoms with Gasteiger partial charge in [0, 0.05) is 12.2 Å². The molecule has 0 saturated carbocycles. The number of nitrogens with zero attached hydrogens (tertiary/aromatic N) is 1. The molecule has 0 fully saturated rings. The summed E-state index contributed by atoms with van der Waals surface area (Å²) in [5.74, 6) is 0. The number of alkyl halides is 2. The molecule has 0 amide bonds. The van der Waals surface area contributed by atoms with E-state index in [9.17, 15) is 15.2 Å². The first kappa shape index (κ1) is 9.88. The van der Waals surface area contributed by atoms with Gasteiger partial charge in [0.15, 0.2) is 4.51 Å². The highest BCUT2D eigenvalue weighted by Crippen LogP contribution is 2.32. The van der Waals surface area contributed by atoms with Crippen molar-refractivity contribution in [1.82, 2.24) is 0 Å². The van der Waals surface area contributed by atoms with Gasteiger partial charge in [0.2, 0.25) is 0 Å². The van der Waals surface area contributed by atoms with Crippen molar-refractivity contribution >= 4 is 31.9 Å². The van der Waals surface area contributed by atoms with Crippen LogP contribution in [-0.2, 0) is 0 Å². The highest BCUT2D eigenvalue weighted by Gasteiger charge is 2.33. The largest absolute Gasteiger partial charge is 0.374 e. The number of hydrogen-bond donors (Lipinski definition) is 1. The minimum absolute atomic E-state index is 0.0269. The number of rotatable bonds is 1. The maximum absolute atomic E-state index is 10.3. The van der Waals surface area contributed by atoms with E-state index in [0.29, 0.717) is 0 Å². The Morgan fingerprint density at radius 1 is 1.75 bits per heavy atom. The molecule has 0 heterocycles. The van der Waals surface area contributed by atoms with Gasteiger partial charge < -0.3 is 5.11 Å². The summed E-state index contributed by atoms with van der Waals surface area (Å²) in [4.78, 5) is 9.28. The summed E-state index contributed by atoms with van der Waals surface area (Å²) in [7, 11) is 0. The van der Waals surface area contributed by atoms with Crippen LogP contribution in [0.25, 0.3) is 0 Å². The molecule has 0 aromatic carbocycles. The van der Waals surface area contributed by atoms with Crippen LogP contribution in [0.15, 0.2) is 23.9 Å². The fourth-order valence-corrected chi connectivity index (χ4v) is 1.43. The zero-order chi connectivity index (χ0) is 9.35. The van der Waals surface area contributed by atoms with Crippen LogP contribution >= 0.6 is 31.9 Å². The predicted octanol–water partition coefficient (Wildman–Crippen LogP) is 1.56. The molecule has 0 bridgehead atoms. The first-order valence-corrected chi connectivity index (χ1v) is 4.75. The third kappa shape index (κ3) is 1.94. The summed E-state index contributed by atoms with van der Waals surface area (Å²) >= 11 is 6.08. The van der Waals surface area contributed by atoms with E-state index in [1.165, 1.54) is 18.2 Å². The van der Waals surface area contributed by atoms with Gasteiger partial charge in [-0.2, -0.15) is 0 Å². The van der Waals surface area contributed by atoms with E-state index in [-0.39, 0.29) is 5.70 Å². The first-order chi connectivity index (χ1) is 5.43. The summed E-state index contributed by atoms with van der Waals surface area (Å²) in [5, 5.41) is 19.7. The smallest absolute Gasteiger partial charge is 0.266 e. The van der Waals surface area contributed by atoms with Crippen LogP contribution < -0.4 is 0 Å². The van der Waals surface area contributed by atoms with E-state index < -0.39 is 14.3 Å². The average Bonchev–Trinajstić information content (AvgIpc) is 1.94. The zero-order valence-corrected chi connectivity index (χ0v) is 8.95. The molecule has 2 unspecified atom stereocenters. The quantitative estimate of drug-likeness (QED) is 0.454. The molecule has 1 aliphatic carbocycles. The Morgan fingerprint density at radius 3 is 2.75 bits per heavy atom. The lowest BCUT2D eigenvalue weighted by Crippen LogP contribution is -2.30. The third-order valence-electron chi connectivity index (χ3n) is 1.40. The Kier molecular flexibility index (Phi) is 2.70. The Bertz CT molecular complexity index is 272. The van der Waals surface area contributed by atoms with Gasteiger partial charge in [0.1, 0.15) is 0 Å². The van der Waals surface area contributed by atoms with Crippen molar-refractivity contribution in [3.05, 3.63) is 34.0 Å². The second kappa shape index (κ2) is 3.27. The van der Waals surface area contributed by atoms with Gasteiger partial charge in [-0.1, -0.05) is 15.9 Å². The van der Waals surface area contributed by atoms with Crippen molar-refractivity contribution in [2.75, 3.05) is 0 Å². The lowest BCUT2D eigenvalue weighted by Gasteiger charge is -2.22. The van der Waals surface area contributed by atoms with Crippen LogP contribution in [0.4, 0.5) is 0 Å². The Hall–Kier alpha value is -0.200. The van der Waals surface area contributed by atoms with E-state index in [2.05, 4.69) is 31.9 Å². The molecule has 1 rings (SSSR count). The van der Waals surface area contributed by atoms with Crippen molar-refractivity contribution in [3.8, 4) is 0 Å². The normalized spacial score (nSPS) is 34.6. The number of hydrogen-bond acceptors (Lipinski definition) is 3. The van der Waals surface area contributed by atoms with Crippen LogP contribution in [0.5, 0.6) is 0 Å². The van der Waals surface area contributed by atoms with Gasteiger partial charge in [-0.05, 0) is 22.0 Å². The summed E-state index contributed by atoms with van der Waals surface area (Å²) < 4.78 is -1.23. The molecular weight excluding hydrogens is 294 g/mol. The third-order valence-corrected chi connectivity index (χ3v) is 3.74. The minimum Gasteiger partial charge on any atom is -0.374 e. The lowest BCUT2D eigenvalue weighted by atomic mass is 10.1. The molecular formula is C6H5Br2NO3. The summed E-state index contributed by atoms with van der Waals surface area (Å²) in [6.07, 6.45) is 3.91. The number of allylic oxidation sites excluding steroid dienone is 1. The molecule has 0 radical (unpaired) electrons. The Morgan fingerprint density at radius 2 is 2.33 bits per heavy atom. The maximum atomic E-state index is 10.3. The zero-order valence-electron chi connectivity index (χ0n) is 5.78. The van der Waals surface area contributed by atoms with E-state index in [0.717, 1.165) is 0 Å². The van der Waals surface area contributed by atoms with E-state index in [1.54, 1.807) is 0 Å². The molecule has 0 saturated heterocycles. The fourth-order valence-electron chi connectivity index (χ4n) is 0.738. The predicted molar refractivity (Wildman–Crippen MR) is 50.8 cm³/mol. The lowest BCUT2D eigenvalue weighted by molar-refractivity contribution is -0.419. The summed E-state index contributed by atoms with van der Waals surface area (Å²) in [5.41, 5.74) is -0.0269. The number of aliphatic hydroxyl groups is 1. The van der Waals surface area contributed by atoms with E-state index in [4.69, 9.17) is 0 Å². The monoisotopic (exact) mass is 297 g/mol. The molecule has 4 nitrogen and oxygen atoms in total. The van der Waals surface area contributed by atoms with Crippen LogP contribution in [0.1, 0.15) is 0 Å². The second-order valence-corrected chi connectivity index (χ2v) is 4.57. The highest BCUT2D eigenvalue weighted by molar-refractivity contribution is 9.12. The van der Waals surface area contributed by atoms with Crippen molar-refractivity contribution in [3.63, 3.8) is 0 Å². The SMILES string of the molecule is O=[N+]([O-])C1=CC(Br)C(O)(Br)C=C1. The van der Waals surface area contributed by atoms with Gasteiger partial charge in [0.25, 0.3) is 5.70 Å². The first-order valence-electron chi connectivity index (χ1n) is 3.04. The van der Waals surface area contributed by atoms with Gasteiger partial charge in [-0.25, -0.2) is 0 Å².